The summed E-state index contributed by atoms with van der Waals surface area (Å²) < 4.78 is 0. The van der Waals surface area contributed by atoms with Gasteiger partial charge < -0.3 is 10.0 Å². The van der Waals surface area contributed by atoms with Crippen LogP contribution in [0.2, 0.25) is 0 Å². The van der Waals surface area contributed by atoms with Crippen molar-refractivity contribution in [1.29, 1.82) is 0 Å². The van der Waals surface area contributed by atoms with Gasteiger partial charge in [-0.1, -0.05) is 26.0 Å². The number of anilines is 1. The maximum absolute atomic E-state index is 11.9. The Morgan fingerprint density at radius 2 is 1.95 bits per heavy atom. The highest BCUT2D eigenvalue weighted by Gasteiger charge is 2.30. The first-order chi connectivity index (χ1) is 8.99. The fourth-order valence-electron chi connectivity index (χ4n) is 2.34. The van der Waals surface area contributed by atoms with E-state index in [-0.39, 0.29) is 12.5 Å². The number of nitrogens with zero attached hydrogens (tertiary/aromatic N) is 1. The van der Waals surface area contributed by atoms with Crippen LogP contribution in [0.25, 0.3) is 0 Å². The first kappa shape index (κ1) is 13.6. The highest BCUT2D eigenvalue weighted by Crippen LogP contribution is 2.26. The third kappa shape index (κ3) is 2.95. The van der Waals surface area contributed by atoms with Gasteiger partial charge in [0.1, 0.15) is 0 Å². The molecule has 1 unspecified atom stereocenters. The average Bonchev–Trinajstić information content (AvgIpc) is 2.39. The lowest BCUT2D eigenvalue weighted by Gasteiger charge is -2.30. The van der Waals surface area contributed by atoms with Gasteiger partial charge in [0.05, 0.1) is 5.92 Å². The molecule has 102 valence electrons. The van der Waals surface area contributed by atoms with Gasteiger partial charge >= 0.3 is 5.97 Å². The topological polar surface area (TPSA) is 57.6 Å². The number of carboxylic acids is 1. The van der Waals surface area contributed by atoms with E-state index in [9.17, 15) is 9.59 Å². The number of piperidine rings is 1. The molecule has 1 aromatic rings. The smallest absolute Gasteiger partial charge is 0.308 e. The molecule has 1 aliphatic rings. The Hall–Kier alpha value is -1.84. The maximum Gasteiger partial charge on any atom is 0.308 e. The van der Waals surface area contributed by atoms with E-state index in [1.54, 1.807) is 4.90 Å². The van der Waals surface area contributed by atoms with Crippen molar-refractivity contribution >= 4 is 17.6 Å². The van der Waals surface area contributed by atoms with E-state index < -0.39 is 11.9 Å². The van der Waals surface area contributed by atoms with Crippen molar-refractivity contribution in [2.45, 2.75) is 32.6 Å². The fourth-order valence-corrected chi connectivity index (χ4v) is 2.34. The second-order valence-corrected chi connectivity index (χ2v) is 5.32. The zero-order valence-corrected chi connectivity index (χ0v) is 11.3. The molecule has 1 amide bonds. The monoisotopic (exact) mass is 261 g/mol. The minimum atomic E-state index is -0.823. The average molecular weight is 261 g/mol. The van der Waals surface area contributed by atoms with Gasteiger partial charge in [-0.2, -0.15) is 0 Å². The van der Waals surface area contributed by atoms with Crippen molar-refractivity contribution < 1.29 is 14.7 Å². The quantitative estimate of drug-likeness (QED) is 0.910. The lowest BCUT2D eigenvalue weighted by Crippen LogP contribution is -2.42. The van der Waals surface area contributed by atoms with E-state index in [0.29, 0.717) is 18.8 Å². The van der Waals surface area contributed by atoms with E-state index in [2.05, 4.69) is 13.8 Å². The van der Waals surface area contributed by atoms with E-state index in [1.165, 1.54) is 5.56 Å². The minimum absolute atomic E-state index is 0.00907. The first-order valence-corrected chi connectivity index (χ1v) is 6.62. The second-order valence-electron chi connectivity index (χ2n) is 5.32. The van der Waals surface area contributed by atoms with Gasteiger partial charge in [0.2, 0.25) is 5.91 Å². The Kier molecular flexibility index (Phi) is 3.88. The predicted molar refractivity (Wildman–Crippen MR) is 73.2 cm³/mol. The summed E-state index contributed by atoms with van der Waals surface area (Å²) >= 11 is 0. The molecule has 1 aromatic carbocycles. The normalized spacial score (nSPS) is 19.8. The molecule has 0 bridgehead atoms. The summed E-state index contributed by atoms with van der Waals surface area (Å²) in [5, 5.41) is 9.07. The van der Waals surface area contributed by atoms with Crippen molar-refractivity contribution in [3.63, 3.8) is 0 Å². The number of rotatable bonds is 3. The second kappa shape index (κ2) is 5.43. The molecule has 0 radical (unpaired) electrons. The molecule has 0 saturated carbocycles. The van der Waals surface area contributed by atoms with Crippen LogP contribution in [-0.4, -0.2) is 23.5 Å². The van der Waals surface area contributed by atoms with E-state index >= 15 is 0 Å². The molecule has 1 N–H and O–H groups in total. The molecule has 2 rings (SSSR count). The van der Waals surface area contributed by atoms with Gasteiger partial charge in [-0.15, -0.1) is 0 Å². The molecule has 1 heterocycles. The molecule has 1 saturated heterocycles. The van der Waals surface area contributed by atoms with Gasteiger partial charge in [0.25, 0.3) is 0 Å². The lowest BCUT2D eigenvalue weighted by atomic mass is 9.96. The number of carbonyl (C=O) groups is 2. The van der Waals surface area contributed by atoms with Crippen molar-refractivity contribution in [2.24, 2.45) is 5.92 Å². The zero-order chi connectivity index (χ0) is 14.0. The fraction of sp³-hybridized carbons (Fsp3) is 0.467. The summed E-state index contributed by atoms with van der Waals surface area (Å²) in [4.78, 5) is 24.5. The summed E-state index contributed by atoms with van der Waals surface area (Å²) in [5.41, 5.74) is 2.00. The number of benzene rings is 1. The summed E-state index contributed by atoms with van der Waals surface area (Å²) in [6.07, 6.45) is 0.748. The third-order valence-electron chi connectivity index (χ3n) is 3.63. The van der Waals surface area contributed by atoms with Crippen LogP contribution in [0.5, 0.6) is 0 Å². The highest BCUT2D eigenvalue weighted by atomic mass is 16.4. The predicted octanol–water partition coefficient (Wildman–Crippen LogP) is 2.64. The lowest BCUT2D eigenvalue weighted by molar-refractivity contribution is -0.142. The number of amides is 1. The van der Waals surface area contributed by atoms with Crippen LogP contribution in [0.1, 0.15) is 38.2 Å². The van der Waals surface area contributed by atoms with E-state index in [4.69, 9.17) is 5.11 Å². The number of hydrogen-bond acceptors (Lipinski definition) is 2. The molecule has 1 atom stereocenters. The Morgan fingerprint density at radius 1 is 1.32 bits per heavy atom. The summed E-state index contributed by atoms with van der Waals surface area (Å²) in [7, 11) is 0. The highest BCUT2D eigenvalue weighted by molar-refractivity contribution is 5.95. The Labute approximate surface area is 113 Å². The maximum atomic E-state index is 11.9. The summed E-state index contributed by atoms with van der Waals surface area (Å²) in [6.45, 7) is 4.50. The van der Waals surface area contributed by atoms with Crippen molar-refractivity contribution in [3.05, 3.63) is 29.8 Å². The summed E-state index contributed by atoms with van der Waals surface area (Å²) in [6, 6.07) is 7.80. The first-order valence-electron chi connectivity index (χ1n) is 6.62. The van der Waals surface area contributed by atoms with Gasteiger partial charge in [0.15, 0.2) is 0 Å². The Bertz CT molecular complexity index is 479. The molecule has 4 nitrogen and oxygen atoms in total. The van der Waals surface area contributed by atoms with Crippen LogP contribution in [0.4, 0.5) is 5.69 Å². The number of carbonyl (C=O) groups excluding carboxylic acids is 1. The molecule has 19 heavy (non-hydrogen) atoms. The molecule has 0 aliphatic carbocycles. The van der Waals surface area contributed by atoms with Gasteiger partial charge in [-0.05, 0) is 30.0 Å². The van der Waals surface area contributed by atoms with Gasteiger partial charge in [-0.3, -0.25) is 9.59 Å². The van der Waals surface area contributed by atoms with Crippen molar-refractivity contribution in [3.8, 4) is 0 Å². The van der Waals surface area contributed by atoms with Crippen LogP contribution < -0.4 is 4.90 Å². The van der Waals surface area contributed by atoms with E-state index in [1.807, 2.05) is 24.3 Å². The van der Waals surface area contributed by atoms with Crippen LogP contribution in [0, 0.1) is 5.92 Å². The Balaban J connectivity index is 2.19. The molecular weight excluding hydrogens is 242 g/mol. The van der Waals surface area contributed by atoms with Crippen LogP contribution in [0.15, 0.2) is 24.3 Å². The standard InChI is InChI=1S/C15H19NO3/c1-10(2)11-3-6-13(7-4-11)16-9-12(15(18)19)5-8-14(16)17/h3-4,6-7,10,12H,5,8-9H2,1-2H3,(H,18,19). The molecule has 1 fully saturated rings. The number of hydrogen-bond donors (Lipinski definition) is 1. The Morgan fingerprint density at radius 3 is 2.47 bits per heavy atom. The molecule has 0 spiro atoms. The molecule has 1 aliphatic heterocycles. The number of carboxylic acid groups (broad SMARTS) is 1. The molecule has 4 heteroatoms. The summed E-state index contributed by atoms with van der Waals surface area (Å²) in [5.74, 6) is -0.827. The largest absolute Gasteiger partial charge is 0.481 e. The third-order valence-corrected chi connectivity index (χ3v) is 3.63. The number of aliphatic carboxylic acids is 1. The molecule has 0 aromatic heterocycles. The van der Waals surface area contributed by atoms with Gasteiger partial charge in [0, 0.05) is 18.7 Å². The van der Waals surface area contributed by atoms with Crippen LogP contribution in [0.3, 0.4) is 0 Å². The molecular formula is C15H19NO3. The van der Waals surface area contributed by atoms with Crippen LogP contribution in [-0.2, 0) is 9.59 Å². The zero-order valence-electron chi connectivity index (χ0n) is 11.3. The van der Waals surface area contributed by atoms with Crippen LogP contribution >= 0.6 is 0 Å². The SMILES string of the molecule is CC(C)c1ccc(N2CC(C(=O)O)CCC2=O)cc1. The van der Waals surface area contributed by atoms with Crippen molar-refractivity contribution in [2.75, 3.05) is 11.4 Å². The van der Waals surface area contributed by atoms with E-state index in [0.717, 1.165) is 5.69 Å². The van der Waals surface area contributed by atoms with Crippen molar-refractivity contribution in [1.82, 2.24) is 0 Å². The minimum Gasteiger partial charge on any atom is -0.481 e. The van der Waals surface area contributed by atoms with Gasteiger partial charge in [-0.25, -0.2) is 0 Å².